The first-order valence-corrected chi connectivity index (χ1v) is 6.40. The van der Waals surface area contributed by atoms with Gasteiger partial charge < -0.3 is 9.84 Å². The molecule has 18 heavy (non-hydrogen) atoms. The molecule has 0 fully saturated rings. The van der Waals surface area contributed by atoms with E-state index in [0.717, 1.165) is 6.42 Å². The normalized spacial score (nSPS) is 15.3. The van der Waals surface area contributed by atoms with E-state index < -0.39 is 12.2 Å². The summed E-state index contributed by atoms with van der Waals surface area (Å²) in [5.74, 6) is 5.61. The predicted molar refractivity (Wildman–Crippen MR) is 72.9 cm³/mol. The SMILES string of the molecule is CCC(C#CC(O)C(C)(C)CC(C)(C)C)OC=O. The van der Waals surface area contributed by atoms with Crippen molar-refractivity contribution >= 4 is 6.47 Å². The van der Waals surface area contributed by atoms with Crippen molar-refractivity contribution in [3.05, 3.63) is 0 Å². The zero-order chi connectivity index (χ0) is 14.4. The highest BCUT2D eigenvalue weighted by Gasteiger charge is 2.31. The third kappa shape index (κ3) is 6.66. The van der Waals surface area contributed by atoms with Crippen LogP contribution in [0.3, 0.4) is 0 Å². The largest absolute Gasteiger partial charge is 0.451 e. The topological polar surface area (TPSA) is 46.5 Å². The fourth-order valence-electron chi connectivity index (χ4n) is 2.13. The third-order valence-corrected chi connectivity index (χ3v) is 2.70. The summed E-state index contributed by atoms with van der Waals surface area (Å²) in [5, 5.41) is 10.1. The lowest BCUT2D eigenvalue weighted by molar-refractivity contribution is -0.131. The van der Waals surface area contributed by atoms with Crippen molar-refractivity contribution in [2.75, 3.05) is 0 Å². The molecule has 0 aliphatic heterocycles. The molecule has 0 saturated heterocycles. The zero-order valence-electron chi connectivity index (χ0n) is 12.4. The molecule has 0 aromatic carbocycles. The van der Waals surface area contributed by atoms with Crippen molar-refractivity contribution in [3.63, 3.8) is 0 Å². The first-order chi connectivity index (χ1) is 8.12. The van der Waals surface area contributed by atoms with Gasteiger partial charge >= 0.3 is 0 Å². The Morgan fingerprint density at radius 1 is 1.22 bits per heavy atom. The van der Waals surface area contributed by atoms with Crippen LogP contribution in [-0.4, -0.2) is 23.8 Å². The van der Waals surface area contributed by atoms with E-state index in [0.29, 0.717) is 12.9 Å². The summed E-state index contributed by atoms with van der Waals surface area (Å²) in [6.07, 6.45) is 0.336. The lowest BCUT2D eigenvalue weighted by Gasteiger charge is -2.34. The molecule has 0 aliphatic rings. The van der Waals surface area contributed by atoms with Crippen LogP contribution in [0, 0.1) is 22.7 Å². The molecule has 3 heteroatoms. The Morgan fingerprint density at radius 2 is 1.78 bits per heavy atom. The highest BCUT2D eigenvalue weighted by atomic mass is 16.5. The fourth-order valence-corrected chi connectivity index (χ4v) is 2.13. The average molecular weight is 254 g/mol. The third-order valence-electron chi connectivity index (χ3n) is 2.70. The van der Waals surface area contributed by atoms with Gasteiger partial charge in [0.15, 0.2) is 6.10 Å². The molecule has 0 aromatic rings. The highest BCUT2D eigenvalue weighted by molar-refractivity contribution is 5.38. The highest BCUT2D eigenvalue weighted by Crippen LogP contribution is 2.35. The predicted octanol–water partition coefficient (Wildman–Crippen LogP) is 2.76. The van der Waals surface area contributed by atoms with E-state index in [1.165, 1.54) is 0 Å². The van der Waals surface area contributed by atoms with Crippen LogP contribution in [0.1, 0.15) is 54.4 Å². The smallest absolute Gasteiger partial charge is 0.294 e. The molecule has 0 aromatic heterocycles. The molecular weight excluding hydrogens is 228 g/mol. The molecule has 104 valence electrons. The van der Waals surface area contributed by atoms with Crippen molar-refractivity contribution in [2.45, 2.75) is 66.6 Å². The summed E-state index contributed by atoms with van der Waals surface area (Å²) >= 11 is 0. The van der Waals surface area contributed by atoms with Gasteiger partial charge in [-0.3, -0.25) is 4.79 Å². The van der Waals surface area contributed by atoms with E-state index in [4.69, 9.17) is 4.74 Å². The Balaban J connectivity index is 4.69. The van der Waals surface area contributed by atoms with Gasteiger partial charge in [0, 0.05) is 5.41 Å². The lowest BCUT2D eigenvalue weighted by Crippen LogP contribution is -2.32. The number of carbonyl (C=O) groups excluding carboxylic acids is 1. The minimum absolute atomic E-state index is 0.135. The summed E-state index contributed by atoms with van der Waals surface area (Å²) in [7, 11) is 0. The maximum absolute atomic E-state index is 10.3. The van der Waals surface area contributed by atoms with Crippen LogP contribution in [0.5, 0.6) is 0 Å². The standard InChI is InChI=1S/C15H26O3/c1-7-12(18-11-16)8-9-13(17)15(5,6)10-14(2,3)4/h11-13,17H,7,10H2,1-6H3. The number of aliphatic hydroxyl groups excluding tert-OH is 1. The monoisotopic (exact) mass is 254 g/mol. The molecule has 1 N–H and O–H groups in total. The number of ether oxygens (including phenoxy) is 1. The maximum atomic E-state index is 10.3. The molecule has 0 heterocycles. The Labute approximate surface area is 111 Å². The Morgan fingerprint density at radius 3 is 2.17 bits per heavy atom. The summed E-state index contributed by atoms with van der Waals surface area (Å²) in [6, 6.07) is 0. The van der Waals surface area contributed by atoms with Crippen LogP contribution in [-0.2, 0) is 9.53 Å². The van der Waals surface area contributed by atoms with Gasteiger partial charge in [-0.2, -0.15) is 0 Å². The molecule has 0 bridgehead atoms. The molecule has 0 aliphatic carbocycles. The molecular formula is C15H26O3. The van der Waals surface area contributed by atoms with Gasteiger partial charge in [-0.1, -0.05) is 53.4 Å². The minimum atomic E-state index is -0.721. The van der Waals surface area contributed by atoms with Crippen LogP contribution in [0.15, 0.2) is 0 Å². The van der Waals surface area contributed by atoms with Crippen molar-refractivity contribution in [1.82, 2.24) is 0 Å². The van der Waals surface area contributed by atoms with E-state index in [2.05, 4.69) is 32.6 Å². The minimum Gasteiger partial charge on any atom is -0.451 e. The van der Waals surface area contributed by atoms with Gasteiger partial charge in [-0.05, 0) is 18.3 Å². The van der Waals surface area contributed by atoms with Crippen molar-refractivity contribution in [3.8, 4) is 11.8 Å². The van der Waals surface area contributed by atoms with Gasteiger partial charge in [0.2, 0.25) is 0 Å². The molecule has 2 unspecified atom stereocenters. The molecule has 0 saturated carbocycles. The Kier molecular flexibility index (Phi) is 6.42. The summed E-state index contributed by atoms with van der Waals surface area (Å²) < 4.78 is 4.79. The number of carbonyl (C=O) groups is 1. The first kappa shape index (κ1) is 17.0. The Hall–Kier alpha value is -1.01. The van der Waals surface area contributed by atoms with Crippen LogP contribution >= 0.6 is 0 Å². The number of hydrogen-bond donors (Lipinski definition) is 1. The van der Waals surface area contributed by atoms with E-state index in [9.17, 15) is 9.90 Å². The van der Waals surface area contributed by atoms with Crippen LogP contribution < -0.4 is 0 Å². The van der Waals surface area contributed by atoms with Gasteiger partial charge in [0.05, 0.1) is 0 Å². The molecule has 2 atom stereocenters. The van der Waals surface area contributed by atoms with Gasteiger partial charge in [0.25, 0.3) is 6.47 Å². The van der Waals surface area contributed by atoms with E-state index in [-0.39, 0.29) is 10.8 Å². The number of rotatable bonds is 5. The maximum Gasteiger partial charge on any atom is 0.294 e. The van der Waals surface area contributed by atoms with Crippen molar-refractivity contribution in [2.24, 2.45) is 10.8 Å². The fraction of sp³-hybridized carbons (Fsp3) is 0.800. The molecule has 0 radical (unpaired) electrons. The van der Waals surface area contributed by atoms with Crippen molar-refractivity contribution in [1.29, 1.82) is 0 Å². The summed E-state index contributed by atoms with van der Waals surface area (Å²) in [4.78, 5) is 10.3. The Bertz CT molecular complexity index is 315. The second-order valence-corrected chi connectivity index (χ2v) is 6.55. The molecule has 3 nitrogen and oxygen atoms in total. The van der Waals surface area contributed by atoms with Crippen LogP contribution in [0.25, 0.3) is 0 Å². The molecule has 0 spiro atoms. The number of hydrogen-bond acceptors (Lipinski definition) is 3. The summed E-state index contributed by atoms with van der Waals surface area (Å²) in [6.45, 7) is 12.7. The molecule has 0 rings (SSSR count). The van der Waals surface area contributed by atoms with E-state index in [1.54, 1.807) is 0 Å². The second kappa shape index (κ2) is 6.80. The van der Waals surface area contributed by atoms with Crippen LogP contribution in [0.4, 0.5) is 0 Å². The zero-order valence-corrected chi connectivity index (χ0v) is 12.4. The number of aliphatic hydroxyl groups is 1. The van der Waals surface area contributed by atoms with E-state index >= 15 is 0 Å². The van der Waals surface area contributed by atoms with Crippen molar-refractivity contribution < 1.29 is 14.6 Å². The quantitative estimate of drug-likeness (QED) is 0.606. The van der Waals surface area contributed by atoms with Gasteiger partial charge in [0.1, 0.15) is 6.10 Å². The lowest BCUT2D eigenvalue weighted by atomic mass is 9.73. The van der Waals surface area contributed by atoms with Crippen LogP contribution in [0.2, 0.25) is 0 Å². The average Bonchev–Trinajstić information content (AvgIpc) is 2.20. The van der Waals surface area contributed by atoms with E-state index in [1.807, 2.05) is 20.8 Å². The first-order valence-electron chi connectivity index (χ1n) is 6.40. The van der Waals surface area contributed by atoms with Gasteiger partial charge in [-0.15, -0.1) is 0 Å². The molecule has 0 amide bonds. The summed E-state index contributed by atoms with van der Waals surface area (Å²) in [5.41, 5.74) is -0.152. The van der Waals surface area contributed by atoms with Gasteiger partial charge in [-0.25, -0.2) is 0 Å². The second-order valence-electron chi connectivity index (χ2n) is 6.55.